The summed E-state index contributed by atoms with van der Waals surface area (Å²) in [5.74, 6) is -1.19. The normalized spacial score (nSPS) is 18.4. The highest BCUT2D eigenvalue weighted by molar-refractivity contribution is 5.80. The summed E-state index contributed by atoms with van der Waals surface area (Å²) in [6, 6.07) is -1.03. The van der Waals surface area contributed by atoms with Crippen molar-refractivity contribution in [2.45, 2.75) is 404 Å². The maximum absolute atomic E-state index is 13.5. The molecule has 1 fully saturated rings. The Kier molecular flexibility index (Phi) is 62.5. The summed E-state index contributed by atoms with van der Waals surface area (Å²) in [4.78, 5) is 26.7. The number of aliphatic hydroxyl groups is 5. The zero-order valence-electron chi connectivity index (χ0n) is 58.5. The Bertz CT molecular complexity index is 1750. The van der Waals surface area contributed by atoms with Gasteiger partial charge in [-0.1, -0.05) is 325 Å². The van der Waals surface area contributed by atoms with Gasteiger partial charge in [0.05, 0.1) is 25.4 Å². The fourth-order valence-corrected chi connectivity index (χ4v) is 11.8. The highest BCUT2D eigenvalue weighted by atomic mass is 16.7. The molecule has 0 radical (unpaired) electrons. The quantitative estimate of drug-likeness (QED) is 0.0195. The second kappa shape index (κ2) is 66.1. The van der Waals surface area contributed by atoms with E-state index in [-0.39, 0.29) is 13.0 Å². The van der Waals surface area contributed by atoms with E-state index in [1.165, 1.54) is 231 Å². The van der Waals surface area contributed by atoms with E-state index < -0.39 is 67.4 Å². The van der Waals surface area contributed by atoms with Gasteiger partial charge in [-0.25, -0.2) is 0 Å². The molecule has 6 N–H and O–H groups in total. The number of aliphatic hydroxyl groups excluding tert-OH is 5. The third-order valence-corrected chi connectivity index (χ3v) is 17.8. The molecule has 0 bridgehead atoms. The van der Waals surface area contributed by atoms with Crippen LogP contribution in [0.4, 0.5) is 0 Å². The molecule has 0 aromatic heterocycles. The number of esters is 1. The molecule has 1 amide bonds. The molecule has 8 atom stereocenters. The van der Waals surface area contributed by atoms with Gasteiger partial charge in [0, 0.05) is 6.42 Å². The molecule has 0 saturated carbocycles. The molecule has 11 heteroatoms. The first kappa shape index (κ1) is 85.1. The lowest BCUT2D eigenvalue weighted by atomic mass is 9.99. The van der Waals surface area contributed by atoms with Crippen LogP contribution in [0.2, 0.25) is 0 Å². The van der Waals surface area contributed by atoms with Crippen molar-refractivity contribution in [1.82, 2.24) is 5.32 Å². The Balaban J connectivity index is 2.52. The van der Waals surface area contributed by atoms with Crippen LogP contribution in [0.5, 0.6) is 0 Å². The number of unbranched alkanes of at least 4 members (excludes halogenated alkanes) is 42. The Morgan fingerprint density at radius 3 is 1.17 bits per heavy atom. The molecular weight excluding hydrogens is 1120 g/mol. The molecule has 1 heterocycles. The minimum absolute atomic E-state index is 0.121. The predicted molar refractivity (Wildman–Crippen MR) is 379 cm³/mol. The van der Waals surface area contributed by atoms with E-state index in [2.05, 4.69) is 86.8 Å². The third kappa shape index (κ3) is 52.5. The predicted octanol–water partition coefficient (Wildman–Crippen LogP) is 20.2. The van der Waals surface area contributed by atoms with Crippen LogP contribution in [-0.2, 0) is 23.8 Å². The highest BCUT2D eigenvalue weighted by Crippen LogP contribution is 2.26. The van der Waals surface area contributed by atoms with Crippen molar-refractivity contribution in [2.75, 3.05) is 13.2 Å². The summed E-state index contributed by atoms with van der Waals surface area (Å²) in [5, 5.41) is 57.4. The van der Waals surface area contributed by atoms with Gasteiger partial charge in [-0.05, 0) is 96.3 Å². The maximum Gasteiger partial charge on any atom is 0.306 e. The SMILES string of the molecule is CCCCC/C=C\C/C=C\C/C=C\CCCCCCCCCCCCCCC(=O)OC1C(OCC(NC(=O)C(O)CCCCCCCCCCCCCCCC/C=C\C/C=C\CCCCC)C(O)/C=C/CCCCCCCCCCCC)OC(CO)C(O)C1O. The fourth-order valence-electron chi connectivity index (χ4n) is 11.8. The van der Waals surface area contributed by atoms with Crippen LogP contribution < -0.4 is 5.32 Å². The lowest BCUT2D eigenvalue weighted by Gasteiger charge is -2.41. The van der Waals surface area contributed by atoms with Gasteiger partial charge in [0.2, 0.25) is 5.91 Å². The Hall–Kier alpha value is -2.90. The third-order valence-electron chi connectivity index (χ3n) is 17.8. The van der Waals surface area contributed by atoms with Gasteiger partial charge in [0.1, 0.15) is 24.4 Å². The summed E-state index contributed by atoms with van der Waals surface area (Å²) in [6.45, 7) is 5.79. The van der Waals surface area contributed by atoms with Crippen LogP contribution in [0, 0.1) is 0 Å². The van der Waals surface area contributed by atoms with Crippen molar-refractivity contribution < 1.29 is 49.3 Å². The van der Waals surface area contributed by atoms with E-state index in [0.29, 0.717) is 19.3 Å². The number of amides is 1. The lowest BCUT2D eigenvalue weighted by Crippen LogP contribution is -2.61. The molecule has 0 aromatic carbocycles. The van der Waals surface area contributed by atoms with Gasteiger partial charge < -0.3 is 45.1 Å². The molecule has 1 rings (SSSR count). The van der Waals surface area contributed by atoms with Crippen molar-refractivity contribution in [3.8, 4) is 0 Å². The monoisotopic (exact) mass is 1270 g/mol. The van der Waals surface area contributed by atoms with E-state index in [4.69, 9.17) is 14.2 Å². The number of rotatable bonds is 66. The van der Waals surface area contributed by atoms with Gasteiger partial charge in [0.25, 0.3) is 0 Å². The summed E-state index contributed by atoms with van der Waals surface area (Å²) >= 11 is 0. The smallest absolute Gasteiger partial charge is 0.306 e. The maximum atomic E-state index is 13.5. The first-order chi connectivity index (χ1) is 44.2. The zero-order valence-corrected chi connectivity index (χ0v) is 58.5. The lowest BCUT2D eigenvalue weighted by molar-refractivity contribution is -0.305. The Labute approximate surface area is 553 Å². The largest absolute Gasteiger partial charge is 0.454 e. The minimum Gasteiger partial charge on any atom is -0.454 e. The molecule has 524 valence electrons. The van der Waals surface area contributed by atoms with Crippen LogP contribution in [0.15, 0.2) is 72.9 Å². The number of hydrogen-bond donors (Lipinski definition) is 6. The van der Waals surface area contributed by atoms with Crippen LogP contribution >= 0.6 is 0 Å². The van der Waals surface area contributed by atoms with Gasteiger partial charge in [0.15, 0.2) is 12.4 Å². The van der Waals surface area contributed by atoms with E-state index in [0.717, 1.165) is 77.0 Å². The van der Waals surface area contributed by atoms with Crippen molar-refractivity contribution in [3.05, 3.63) is 72.9 Å². The van der Waals surface area contributed by atoms with Crippen molar-refractivity contribution in [3.63, 3.8) is 0 Å². The number of carbonyl (C=O) groups is 2. The number of carbonyl (C=O) groups excluding carboxylic acids is 2. The van der Waals surface area contributed by atoms with Crippen LogP contribution in [-0.4, -0.2) is 99.6 Å². The fraction of sp³-hybridized carbons (Fsp3) is 0.823. The summed E-state index contributed by atoms with van der Waals surface area (Å²) in [7, 11) is 0. The molecule has 1 aliphatic rings. The van der Waals surface area contributed by atoms with Gasteiger partial charge >= 0.3 is 5.97 Å². The summed E-state index contributed by atoms with van der Waals surface area (Å²) in [5.41, 5.74) is 0. The zero-order chi connectivity index (χ0) is 65.3. The van der Waals surface area contributed by atoms with Crippen LogP contribution in [0.1, 0.15) is 355 Å². The average Bonchev–Trinajstić information content (AvgIpc) is 1.18. The van der Waals surface area contributed by atoms with E-state index in [9.17, 15) is 35.1 Å². The Morgan fingerprint density at radius 2 is 0.767 bits per heavy atom. The van der Waals surface area contributed by atoms with E-state index >= 15 is 0 Å². The molecule has 90 heavy (non-hydrogen) atoms. The van der Waals surface area contributed by atoms with Crippen LogP contribution in [0.25, 0.3) is 0 Å². The topological polar surface area (TPSA) is 175 Å². The van der Waals surface area contributed by atoms with Crippen molar-refractivity contribution in [1.29, 1.82) is 0 Å². The number of hydrogen-bond acceptors (Lipinski definition) is 10. The number of allylic oxidation sites excluding steroid dienone is 11. The van der Waals surface area contributed by atoms with E-state index in [1.807, 2.05) is 6.08 Å². The molecular formula is C79H143NO10. The van der Waals surface area contributed by atoms with Crippen molar-refractivity contribution in [2.24, 2.45) is 0 Å². The molecule has 0 aromatic rings. The van der Waals surface area contributed by atoms with Crippen LogP contribution in [0.3, 0.4) is 0 Å². The number of ether oxygens (including phenoxy) is 3. The first-order valence-electron chi connectivity index (χ1n) is 38.2. The first-order valence-corrected chi connectivity index (χ1v) is 38.2. The summed E-state index contributed by atoms with van der Waals surface area (Å²) in [6.07, 6.45) is 76.6. The molecule has 0 aliphatic carbocycles. The molecule has 1 aliphatic heterocycles. The Morgan fingerprint density at radius 1 is 0.433 bits per heavy atom. The molecule has 8 unspecified atom stereocenters. The highest BCUT2D eigenvalue weighted by Gasteiger charge is 2.47. The standard InChI is InChI=1S/C79H143NO10/c1-4-7-10-13-16-19-22-25-27-29-31-33-35-37-39-41-43-45-47-49-52-55-58-61-64-67-74(84)90-77-76(86)75(85)73(68-81)89-79(77)88-69-70(71(82)65-62-59-56-53-50-24-21-18-15-12-9-6-3)80-78(87)72(83)66-63-60-57-54-51-48-46-44-42-40-38-36-34-32-30-28-26-23-20-17-14-11-8-5-2/h16-17,19-20,25-28,31,33,62,65,70-73,75-77,79,81-83,85-86H,4-15,18,21-24,29-30,32,34-61,63-64,66-69H2,1-3H3,(H,80,87)/b19-16-,20-17-,27-25-,28-26-,33-31-,65-62+. The number of nitrogens with one attached hydrogen (secondary N) is 1. The average molecular weight is 1270 g/mol. The van der Waals surface area contributed by atoms with Gasteiger partial charge in [-0.2, -0.15) is 0 Å². The molecule has 0 spiro atoms. The van der Waals surface area contributed by atoms with E-state index in [1.54, 1.807) is 6.08 Å². The second-order valence-corrected chi connectivity index (χ2v) is 26.4. The summed E-state index contributed by atoms with van der Waals surface area (Å²) < 4.78 is 17.7. The molecule has 11 nitrogen and oxygen atoms in total. The van der Waals surface area contributed by atoms with Crippen molar-refractivity contribution >= 4 is 11.9 Å². The molecule has 1 saturated heterocycles. The van der Waals surface area contributed by atoms with Gasteiger partial charge in [-0.15, -0.1) is 0 Å². The minimum atomic E-state index is -1.62. The second-order valence-electron chi connectivity index (χ2n) is 26.4. The van der Waals surface area contributed by atoms with Gasteiger partial charge in [-0.3, -0.25) is 9.59 Å².